The Bertz CT molecular complexity index is 398. The Labute approximate surface area is 118 Å². The Morgan fingerprint density at radius 1 is 1.32 bits per heavy atom. The summed E-state index contributed by atoms with van der Waals surface area (Å²) in [6.07, 6.45) is 1.12. The summed E-state index contributed by atoms with van der Waals surface area (Å²) in [6, 6.07) is 8.08. The molecule has 0 saturated heterocycles. The molecule has 3 N–H and O–H groups in total. The van der Waals surface area contributed by atoms with Crippen molar-refractivity contribution in [3.05, 3.63) is 35.9 Å². The molecule has 0 spiro atoms. The lowest BCUT2D eigenvalue weighted by Crippen LogP contribution is -2.41. The zero-order chi connectivity index (χ0) is 13.4. The maximum atomic E-state index is 11.9. The zero-order valence-electron chi connectivity index (χ0n) is 10.8. The van der Waals surface area contributed by atoms with Crippen LogP contribution in [0.2, 0.25) is 0 Å². The molecule has 6 heteroatoms. The van der Waals surface area contributed by atoms with E-state index in [1.54, 1.807) is 24.3 Å². The molecule has 19 heavy (non-hydrogen) atoms. The quantitative estimate of drug-likeness (QED) is 0.768. The van der Waals surface area contributed by atoms with Crippen LogP contribution >= 0.6 is 12.4 Å². The lowest BCUT2D eigenvalue weighted by molar-refractivity contribution is -0.143. The largest absolute Gasteiger partial charge is 0.467 e. The van der Waals surface area contributed by atoms with E-state index in [0.717, 1.165) is 0 Å². The van der Waals surface area contributed by atoms with Crippen molar-refractivity contribution in [2.75, 3.05) is 13.7 Å². The number of nitrogens with two attached hydrogens (primary N) is 1. The van der Waals surface area contributed by atoms with E-state index >= 15 is 0 Å². The molecular formula is C13H19ClN2O3. The maximum absolute atomic E-state index is 11.9. The number of amides is 1. The van der Waals surface area contributed by atoms with Crippen LogP contribution in [0.25, 0.3) is 0 Å². The van der Waals surface area contributed by atoms with Crippen LogP contribution in [0.4, 0.5) is 0 Å². The Hall–Kier alpha value is -1.59. The number of carbonyl (C=O) groups is 2. The number of hydrogen-bond donors (Lipinski definition) is 2. The molecule has 1 aromatic carbocycles. The fourth-order valence-electron chi connectivity index (χ4n) is 1.54. The van der Waals surface area contributed by atoms with Crippen molar-refractivity contribution in [2.45, 2.75) is 18.9 Å². The highest BCUT2D eigenvalue weighted by Crippen LogP contribution is 2.03. The molecule has 0 heterocycles. The Morgan fingerprint density at radius 2 is 1.95 bits per heavy atom. The van der Waals surface area contributed by atoms with Gasteiger partial charge in [0.15, 0.2) is 0 Å². The van der Waals surface area contributed by atoms with Crippen LogP contribution in [-0.2, 0) is 9.53 Å². The van der Waals surface area contributed by atoms with E-state index in [0.29, 0.717) is 24.9 Å². The second kappa shape index (κ2) is 9.35. The average molecular weight is 287 g/mol. The van der Waals surface area contributed by atoms with Gasteiger partial charge in [-0.2, -0.15) is 0 Å². The highest BCUT2D eigenvalue weighted by Gasteiger charge is 2.21. The van der Waals surface area contributed by atoms with Crippen molar-refractivity contribution in [1.82, 2.24) is 5.32 Å². The number of halogens is 1. The van der Waals surface area contributed by atoms with Gasteiger partial charge in [-0.15, -0.1) is 12.4 Å². The molecular weight excluding hydrogens is 268 g/mol. The lowest BCUT2D eigenvalue weighted by atomic mass is 10.1. The monoisotopic (exact) mass is 286 g/mol. The van der Waals surface area contributed by atoms with Crippen molar-refractivity contribution < 1.29 is 14.3 Å². The molecule has 1 atom stereocenters. The second-order valence-corrected chi connectivity index (χ2v) is 3.85. The topological polar surface area (TPSA) is 81.4 Å². The Kier molecular flexibility index (Phi) is 8.57. The number of methoxy groups -OCH3 is 1. The molecule has 106 valence electrons. The molecule has 0 aliphatic carbocycles. The standard InChI is InChI=1S/C13H18N2O3.ClH/c1-18-13(17)11(8-5-9-14)15-12(16)10-6-3-2-4-7-10;/h2-4,6-7,11H,5,8-9,14H2,1H3,(H,15,16);1H/t11-;/m0./s1. The molecule has 0 unspecified atom stereocenters. The third-order valence-electron chi connectivity index (χ3n) is 2.52. The number of esters is 1. The van der Waals surface area contributed by atoms with Gasteiger partial charge in [0.05, 0.1) is 7.11 Å². The predicted molar refractivity (Wildman–Crippen MR) is 75.2 cm³/mol. The van der Waals surface area contributed by atoms with Crippen molar-refractivity contribution in [1.29, 1.82) is 0 Å². The molecule has 1 aromatic rings. The summed E-state index contributed by atoms with van der Waals surface area (Å²) in [7, 11) is 1.30. The van der Waals surface area contributed by atoms with Gasteiger partial charge in [-0.1, -0.05) is 18.2 Å². The molecule has 0 aliphatic rings. The van der Waals surface area contributed by atoms with Crippen molar-refractivity contribution in [3.63, 3.8) is 0 Å². The summed E-state index contributed by atoms with van der Waals surface area (Å²) >= 11 is 0. The first-order valence-corrected chi connectivity index (χ1v) is 5.83. The van der Waals surface area contributed by atoms with Crippen LogP contribution in [0.5, 0.6) is 0 Å². The smallest absolute Gasteiger partial charge is 0.328 e. The van der Waals surface area contributed by atoms with E-state index in [2.05, 4.69) is 10.1 Å². The molecule has 0 fully saturated rings. The normalized spacial score (nSPS) is 11.1. The molecule has 5 nitrogen and oxygen atoms in total. The first kappa shape index (κ1) is 17.4. The van der Waals surface area contributed by atoms with Gasteiger partial charge >= 0.3 is 5.97 Å². The summed E-state index contributed by atoms with van der Waals surface area (Å²) in [5.41, 5.74) is 5.91. The molecule has 0 bridgehead atoms. The van der Waals surface area contributed by atoms with Crippen molar-refractivity contribution in [3.8, 4) is 0 Å². The third kappa shape index (κ3) is 5.72. The molecule has 1 amide bonds. The first-order valence-electron chi connectivity index (χ1n) is 5.83. The number of hydrogen-bond acceptors (Lipinski definition) is 4. The van der Waals surface area contributed by atoms with Gasteiger partial charge in [0.2, 0.25) is 0 Å². The van der Waals surface area contributed by atoms with Crippen LogP contribution in [0.1, 0.15) is 23.2 Å². The van der Waals surface area contributed by atoms with Crippen molar-refractivity contribution >= 4 is 24.3 Å². The van der Waals surface area contributed by atoms with Crippen LogP contribution in [0.15, 0.2) is 30.3 Å². The lowest BCUT2D eigenvalue weighted by Gasteiger charge is -2.16. The fourth-order valence-corrected chi connectivity index (χ4v) is 1.54. The van der Waals surface area contributed by atoms with Gasteiger partial charge in [-0.05, 0) is 31.5 Å². The minimum atomic E-state index is -0.647. The van der Waals surface area contributed by atoms with E-state index < -0.39 is 12.0 Å². The van der Waals surface area contributed by atoms with E-state index in [-0.39, 0.29) is 18.3 Å². The summed E-state index contributed by atoms with van der Waals surface area (Å²) in [5.74, 6) is -0.740. The Morgan fingerprint density at radius 3 is 2.47 bits per heavy atom. The Balaban J connectivity index is 0.00000324. The summed E-state index contributed by atoms with van der Waals surface area (Å²) < 4.78 is 4.65. The highest BCUT2D eigenvalue weighted by atomic mass is 35.5. The van der Waals surface area contributed by atoms with Crippen LogP contribution in [0, 0.1) is 0 Å². The SMILES string of the molecule is COC(=O)[C@H](CCCN)NC(=O)c1ccccc1.Cl. The minimum Gasteiger partial charge on any atom is -0.467 e. The fraction of sp³-hybridized carbons (Fsp3) is 0.385. The highest BCUT2D eigenvalue weighted by molar-refractivity contribution is 5.96. The summed E-state index contributed by atoms with van der Waals surface area (Å²) in [5, 5.41) is 2.65. The second-order valence-electron chi connectivity index (χ2n) is 3.85. The predicted octanol–water partition coefficient (Wildman–Crippen LogP) is 1.12. The number of benzene rings is 1. The minimum absolute atomic E-state index is 0. The molecule has 1 rings (SSSR count). The molecule has 0 aromatic heterocycles. The summed E-state index contributed by atoms with van der Waals surface area (Å²) in [6.45, 7) is 0.467. The van der Waals surface area contributed by atoms with Crippen LogP contribution < -0.4 is 11.1 Å². The van der Waals surface area contributed by atoms with Gasteiger partial charge in [-0.3, -0.25) is 4.79 Å². The van der Waals surface area contributed by atoms with E-state index in [1.165, 1.54) is 7.11 Å². The number of ether oxygens (including phenoxy) is 1. The average Bonchev–Trinajstić information content (AvgIpc) is 2.43. The maximum Gasteiger partial charge on any atom is 0.328 e. The molecule has 0 radical (unpaired) electrons. The molecule has 0 saturated carbocycles. The number of nitrogens with one attached hydrogen (secondary N) is 1. The number of carbonyl (C=O) groups excluding carboxylic acids is 2. The van der Waals surface area contributed by atoms with E-state index in [1.807, 2.05) is 6.07 Å². The summed E-state index contributed by atoms with van der Waals surface area (Å²) in [4.78, 5) is 23.4. The van der Waals surface area contributed by atoms with Gasteiger partial charge in [-0.25, -0.2) is 4.79 Å². The third-order valence-corrected chi connectivity index (χ3v) is 2.52. The first-order chi connectivity index (χ1) is 8.69. The van der Waals surface area contributed by atoms with Gasteiger partial charge in [0.1, 0.15) is 6.04 Å². The molecule has 0 aliphatic heterocycles. The van der Waals surface area contributed by atoms with Crippen molar-refractivity contribution in [2.24, 2.45) is 5.73 Å². The zero-order valence-corrected chi connectivity index (χ0v) is 11.6. The number of rotatable bonds is 6. The van der Waals surface area contributed by atoms with Gasteiger partial charge in [0.25, 0.3) is 5.91 Å². The van der Waals surface area contributed by atoms with E-state index in [4.69, 9.17) is 5.73 Å². The van der Waals surface area contributed by atoms with Crippen LogP contribution in [-0.4, -0.2) is 31.6 Å². The van der Waals surface area contributed by atoms with Gasteiger partial charge < -0.3 is 15.8 Å². The van der Waals surface area contributed by atoms with Gasteiger partial charge in [0, 0.05) is 5.56 Å². The van der Waals surface area contributed by atoms with Crippen LogP contribution in [0.3, 0.4) is 0 Å². The van der Waals surface area contributed by atoms with E-state index in [9.17, 15) is 9.59 Å².